The number of aliphatic hydroxyl groups is 1. The number of carbonyl (C=O) groups is 2. The molecule has 3 atom stereocenters. The summed E-state index contributed by atoms with van der Waals surface area (Å²) in [5, 5.41) is 30.3. The molecule has 1 aromatic rings. The first-order valence-corrected chi connectivity index (χ1v) is 8.23. The summed E-state index contributed by atoms with van der Waals surface area (Å²) in [6, 6.07) is -0.245. The zero-order valence-electron chi connectivity index (χ0n) is 12.7. The molecule has 1 saturated heterocycles. The molecular formula is C13H17N5O4S. The summed E-state index contributed by atoms with van der Waals surface area (Å²) in [6.45, 7) is 3.91. The van der Waals surface area contributed by atoms with Crippen LogP contribution in [0.4, 0.5) is 0 Å². The molecular weight excluding hydrogens is 322 g/mol. The number of carbonyl (C=O) groups excluding carboxylic acids is 1. The lowest BCUT2D eigenvalue weighted by Gasteiger charge is -2.44. The van der Waals surface area contributed by atoms with Crippen LogP contribution < -0.4 is 0 Å². The van der Waals surface area contributed by atoms with Crippen molar-refractivity contribution in [2.45, 2.75) is 39.0 Å². The number of aryl methyl sites for hydroxylation is 2. The Bertz CT molecular complexity index is 686. The van der Waals surface area contributed by atoms with E-state index in [-0.39, 0.29) is 17.6 Å². The third kappa shape index (κ3) is 2.61. The maximum atomic E-state index is 12.1. The SMILES string of the molecule is Cc1nnnn1CCSC1=C(C(=O)O)N2C(=O)C(C(C)O)C2C1. The summed E-state index contributed by atoms with van der Waals surface area (Å²) in [5.41, 5.74) is 0.0512. The lowest BCUT2D eigenvalue weighted by Crippen LogP contribution is -2.61. The number of rotatable bonds is 6. The maximum absolute atomic E-state index is 12.1. The molecule has 10 heteroatoms. The highest BCUT2D eigenvalue weighted by atomic mass is 32.2. The lowest BCUT2D eigenvalue weighted by molar-refractivity contribution is -0.161. The number of amides is 1. The van der Waals surface area contributed by atoms with Gasteiger partial charge in [-0.1, -0.05) is 0 Å². The van der Waals surface area contributed by atoms with Gasteiger partial charge in [-0.25, -0.2) is 9.48 Å². The standard InChI is InChI=1S/C13H17N5O4S/c1-6(19)10-8-5-9(11(13(21)22)18(8)12(10)20)23-4-3-17-7(2)14-15-16-17/h6,8,10,19H,3-5H2,1-2H3,(H,21,22). The van der Waals surface area contributed by atoms with Crippen LogP contribution in [0.15, 0.2) is 10.6 Å². The van der Waals surface area contributed by atoms with Gasteiger partial charge in [0, 0.05) is 17.1 Å². The summed E-state index contributed by atoms with van der Waals surface area (Å²) in [6.07, 6.45) is -0.297. The number of tetrazole rings is 1. The van der Waals surface area contributed by atoms with Crippen molar-refractivity contribution in [2.75, 3.05) is 5.75 Å². The first-order chi connectivity index (χ1) is 10.9. The van der Waals surface area contributed by atoms with Crippen molar-refractivity contribution in [3.63, 3.8) is 0 Å². The van der Waals surface area contributed by atoms with Crippen LogP contribution in [0.3, 0.4) is 0 Å². The summed E-state index contributed by atoms with van der Waals surface area (Å²) < 4.78 is 1.64. The van der Waals surface area contributed by atoms with Gasteiger partial charge < -0.3 is 15.1 Å². The minimum atomic E-state index is -1.11. The fourth-order valence-electron chi connectivity index (χ4n) is 3.07. The number of thioether (sulfide) groups is 1. The lowest BCUT2D eigenvalue weighted by atomic mass is 9.83. The van der Waals surface area contributed by atoms with E-state index < -0.39 is 18.0 Å². The van der Waals surface area contributed by atoms with Crippen molar-refractivity contribution in [1.29, 1.82) is 0 Å². The van der Waals surface area contributed by atoms with E-state index in [1.807, 2.05) is 0 Å². The molecule has 1 aromatic heterocycles. The molecule has 1 fully saturated rings. The average Bonchev–Trinajstić information content (AvgIpc) is 3.01. The molecule has 3 heterocycles. The van der Waals surface area contributed by atoms with Crippen LogP contribution >= 0.6 is 11.8 Å². The van der Waals surface area contributed by atoms with E-state index in [1.54, 1.807) is 18.5 Å². The number of carboxylic acid groups (broad SMARTS) is 1. The normalized spacial score (nSPS) is 24.7. The van der Waals surface area contributed by atoms with Crippen molar-refractivity contribution in [2.24, 2.45) is 5.92 Å². The molecule has 1 amide bonds. The van der Waals surface area contributed by atoms with Gasteiger partial charge in [0.05, 0.1) is 24.6 Å². The predicted molar refractivity (Wildman–Crippen MR) is 80.1 cm³/mol. The Kier molecular flexibility index (Phi) is 4.11. The van der Waals surface area contributed by atoms with E-state index in [9.17, 15) is 19.8 Å². The van der Waals surface area contributed by atoms with Gasteiger partial charge in [-0.15, -0.1) is 16.9 Å². The van der Waals surface area contributed by atoms with Gasteiger partial charge in [0.25, 0.3) is 0 Å². The number of carboxylic acids is 1. The van der Waals surface area contributed by atoms with Gasteiger partial charge in [-0.05, 0) is 24.3 Å². The van der Waals surface area contributed by atoms with Gasteiger partial charge >= 0.3 is 5.97 Å². The fraction of sp³-hybridized carbons (Fsp3) is 0.615. The molecule has 0 bridgehead atoms. The third-order valence-electron chi connectivity index (χ3n) is 4.18. The second-order valence-corrected chi connectivity index (χ2v) is 6.81. The molecule has 124 valence electrons. The van der Waals surface area contributed by atoms with E-state index in [1.165, 1.54) is 16.7 Å². The minimum absolute atomic E-state index is 0.0512. The van der Waals surface area contributed by atoms with Crippen LogP contribution in [0, 0.1) is 12.8 Å². The monoisotopic (exact) mass is 339 g/mol. The number of hydrogen-bond acceptors (Lipinski definition) is 7. The van der Waals surface area contributed by atoms with E-state index in [0.29, 0.717) is 29.4 Å². The molecule has 3 rings (SSSR count). The first kappa shape index (κ1) is 15.9. The third-order valence-corrected chi connectivity index (χ3v) is 5.28. The number of aliphatic carboxylic acids is 1. The molecule has 0 aromatic carbocycles. The van der Waals surface area contributed by atoms with Crippen LogP contribution in [-0.4, -0.2) is 65.1 Å². The number of hydrogen-bond donors (Lipinski definition) is 2. The van der Waals surface area contributed by atoms with E-state index in [2.05, 4.69) is 15.5 Å². The molecule has 3 unspecified atom stereocenters. The van der Waals surface area contributed by atoms with Crippen LogP contribution in [0.25, 0.3) is 0 Å². The van der Waals surface area contributed by atoms with Crippen molar-refractivity contribution in [1.82, 2.24) is 25.1 Å². The summed E-state index contributed by atoms with van der Waals surface area (Å²) >= 11 is 1.40. The van der Waals surface area contributed by atoms with Gasteiger partial charge in [-0.3, -0.25) is 4.79 Å². The maximum Gasteiger partial charge on any atom is 0.353 e. The second kappa shape index (κ2) is 5.93. The van der Waals surface area contributed by atoms with Crippen LogP contribution in [0.2, 0.25) is 0 Å². The molecule has 9 nitrogen and oxygen atoms in total. The quantitative estimate of drug-likeness (QED) is 0.673. The Balaban J connectivity index is 1.70. The second-order valence-electron chi connectivity index (χ2n) is 5.62. The van der Waals surface area contributed by atoms with Gasteiger partial charge in [0.2, 0.25) is 5.91 Å². The zero-order chi connectivity index (χ0) is 16.7. The molecule has 2 N–H and O–H groups in total. The van der Waals surface area contributed by atoms with Crippen LogP contribution in [0.5, 0.6) is 0 Å². The highest BCUT2D eigenvalue weighted by molar-refractivity contribution is 8.03. The topological polar surface area (TPSA) is 121 Å². The molecule has 0 saturated carbocycles. The van der Waals surface area contributed by atoms with Crippen molar-refractivity contribution >= 4 is 23.6 Å². The number of β-lactam (4-membered cyclic amide) rings is 1. The molecule has 0 radical (unpaired) electrons. The number of aliphatic hydroxyl groups excluding tert-OH is 1. The summed E-state index contributed by atoms with van der Waals surface area (Å²) in [7, 11) is 0. The Labute approximate surface area is 136 Å². The largest absolute Gasteiger partial charge is 0.477 e. The molecule has 2 aliphatic heterocycles. The number of nitrogens with zero attached hydrogens (tertiary/aromatic N) is 5. The summed E-state index contributed by atoms with van der Waals surface area (Å²) in [4.78, 5) is 25.6. The van der Waals surface area contributed by atoms with E-state index in [0.717, 1.165) is 0 Å². The molecule has 0 aliphatic carbocycles. The first-order valence-electron chi connectivity index (χ1n) is 7.25. The van der Waals surface area contributed by atoms with Gasteiger partial charge in [0.1, 0.15) is 11.5 Å². The van der Waals surface area contributed by atoms with Gasteiger partial charge in [0.15, 0.2) is 0 Å². The smallest absolute Gasteiger partial charge is 0.353 e. The average molecular weight is 339 g/mol. The Morgan fingerprint density at radius 3 is 2.83 bits per heavy atom. The highest BCUT2D eigenvalue weighted by Gasteiger charge is 2.56. The van der Waals surface area contributed by atoms with E-state index >= 15 is 0 Å². The predicted octanol–water partition coefficient (Wildman–Crippen LogP) is -0.378. The fourth-order valence-corrected chi connectivity index (χ4v) is 4.19. The Hall–Kier alpha value is -1.94. The van der Waals surface area contributed by atoms with Crippen molar-refractivity contribution in [3.05, 3.63) is 16.4 Å². The Morgan fingerprint density at radius 1 is 1.52 bits per heavy atom. The number of aromatic nitrogens is 4. The highest BCUT2D eigenvalue weighted by Crippen LogP contribution is 2.46. The summed E-state index contributed by atoms with van der Waals surface area (Å²) in [5.74, 6) is -0.631. The molecule has 0 spiro atoms. The van der Waals surface area contributed by atoms with Crippen LogP contribution in [0.1, 0.15) is 19.2 Å². The van der Waals surface area contributed by atoms with Gasteiger partial charge in [-0.2, -0.15) is 0 Å². The van der Waals surface area contributed by atoms with Crippen LogP contribution in [-0.2, 0) is 16.1 Å². The molecule has 2 aliphatic rings. The minimum Gasteiger partial charge on any atom is -0.477 e. The van der Waals surface area contributed by atoms with E-state index in [4.69, 9.17) is 0 Å². The number of fused-ring (bicyclic) bond motifs is 1. The zero-order valence-corrected chi connectivity index (χ0v) is 13.5. The van der Waals surface area contributed by atoms with Crippen molar-refractivity contribution < 1.29 is 19.8 Å². The molecule has 23 heavy (non-hydrogen) atoms. The Morgan fingerprint density at radius 2 is 2.26 bits per heavy atom. The van der Waals surface area contributed by atoms with Crippen molar-refractivity contribution in [3.8, 4) is 0 Å².